The highest BCUT2D eigenvalue weighted by atomic mass is 15.3. The Balaban J connectivity index is 1.63. The van der Waals surface area contributed by atoms with Gasteiger partial charge in [-0.15, -0.1) is 0 Å². The van der Waals surface area contributed by atoms with Gasteiger partial charge in [-0.1, -0.05) is 0 Å². The predicted molar refractivity (Wildman–Crippen MR) is 77.1 cm³/mol. The summed E-state index contributed by atoms with van der Waals surface area (Å²) in [5.74, 6) is 1.81. The molecule has 0 radical (unpaired) electrons. The third-order valence-corrected chi connectivity index (χ3v) is 4.18. The molecule has 2 heterocycles. The Labute approximate surface area is 115 Å². The predicted octanol–water partition coefficient (Wildman–Crippen LogP) is 2.35. The minimum absolute atomic E-state index is 0.132. The van der Waals surface area contributed by atoms with Crippen molar-refractivity contribution in [2.24, 2.45) is 5.92 Å². The van der Waals surface area contributed by atoms with E-state index in [1.807, 2.05) is 12.4 Å². The van der Waals surface area contributed by atoms with Crippen LogP contribution in [0.2, 0.25) is 0 Å². The Morgan fingerprint density at radius 2 is 2.00 bits per heavy atom. The van der Waals surface area contributed by atoms with Gasteiger partial charge in [0.2, 0.25) is 5.95 Å². The molecule has 2 atom stereocenters. The molecule has 1 N–H and O–H groups in total. The third-order valence-electron chi connectivity index (χ3n) is 4.18. The van der Waals surface area contributed by atoms with Crippen LogP contribution in [0, 0.1) is 5.92 Å². The van der Waals surface area contributed by atoms with E-state index in [1.165, 1.54) is 19.3 Å². The van der Waals surface area contributed by atoms with Crippen molar-refractivity contribution in [3.8, 4) is 0 Å². The first kappa shape index (κ1) is 12.9. The summed E-state index contributed by atoms with van der Waals surface area (Å²) in [7, 11) is 0. The average Bonchev–Trinajstić information content (AvgIpc) is 2.98. The molecular formula is C15H24N4. The molecule has 2 fully saturated rings. The first-order chi connectivity index (χ1) is 9.01. The SMILES string of the molecule is CC(C)(C)NCc1cnc(N2CC3CCC2C3)nc1. The average molecular weight is 260 g/mol. The molecule has 1 aromatic heterocycles. The highest BCUT2D eigenvalue weighted by molar-refractivity contribution is 5.35. The zero-order valence-corrected chi connectivity index (χ0v) is 12.2. The number of nitrogens with zero attached hydrogens (tertiary/aromatic N) is 3. The van der Waals surface area contributed by atoms with E-state index >= 15 is 0 Å². The van der Waals surface area contributed by atoms with Crippen molar-refractivity contribution in [1.29, 1.82) is 0 Å². The smallest absolute Gasteiger partial charge is 0.225 e. The summed E-state index contributed by atoms with van der Waals surface area (Å²) in [5.41, 5.74) is 1.29. The summed E-state index contributed by atoms with van der Waals surface area (Å²) < 4.78 is 0. The van der Waals surface area contributed by atoms with Crippen molar-refractivity contribution in [1.82, 2.24) is 15.3 Å². The van der Waals surface area contributed by atoms with E-state index in [9.17, 15) is 0 Å². The van der Waals surface area contributed by atoms with Crippen LogP contribution in [-0.2, 0) is 6.54 Å². The van der Waals surface area contributed by atoms with Gasteiger partial charge in [-0.05, 0) is 46.0 Å². The van der Waals surface area contributed by atoms with Crippen molar-refractivity contribution in [2.75, 3.05) is 11.4 Å². The van der Waals surface area contributed by atoms with Crippen LogP contribution in [0.25, 0.3) is 0 Å². The van der Waals surface area contributed by atoms with Crippen LogP contribution in [0.1, 0.15) is 45.6 Å². The van der Waals surface area contributed by atoms with Gasteiger partial charge in [0.05, 0.1) is 0 Å². The molecule has 4 heteroatoms. The molecule has 4 nitrogen and oxygen atoms in total. The number of hydrogen-bond donors (Lipinski definition) is 1. The Morgan fingerprint density at radius 1 is 1.26 bits per heavy atom. The Hall–Kier alpha value is -1.16. The number of nitrogens with one attached hydrogen (secondary N) is 1. The molecule has 3 rings (SSSR count). The fourth-order valence-corrected chi connectivity index (χ4v) is 3.12. The van der Waals surface area contributed by atoms with E-state index in [-0.39, 0.29) is 5.54 Å². The second-order valence-electron chi connectivity index (χ2n) is 6.98. The monoisotopic (exact) mass is 260 g/mol. The largest absolute Gasteiger partial charge is 0.338 e. The lowest BCUT2D eigenvalue weighted by molar-refractivity contribution is 0.423. The minimum atomic E-state index is 0.132. The first-order valence-electron chi connectivity index (χ1n) is 7.34. The molecule has 0 amide bonds. The highest BCUT2D eigenvalue weighted by Gasteiger charge is 2.38. The molecule has 1 saturated heterocycles. The molecule has 0 aromatic carbocycles. The standard InChI is InChI=1S/C15H24N4/c1-15(2,3)18-9-12-7-16-14(17-8-12)19-10-11-4-5-13(19)6-11/h7-8,11,13,18H,4-6,9-10H2,1-3H3. The lowest BCUT2D eigenvalue weighted by atomic mass is 10.1. The van der Waals surface area contributed by atoms with Crippen LogP contribution < -0.4 is 10.2 Å². The van der Waals surface area contributed by atoms with Crippen molar-refractivity contribution in [2.45, 2.75) is 58.2 Å². The topological polar surface area (TPSA) is 41.1 Å². The van der Waals surface area contributed by atoms with Crippen LogP contribution in [0.4, 0.5) is 5.95 Å². The lowest BCUT2D eigenvalue weighted by Gasteiger charge is -2.27. The molecule has 2 aliphatic rings. The van der Waals surface area contributed by atoms with Crippen LogP contribution in [0.3, 0.4) is 0 Å². The second kappa shape index (κ2) is 4.75. The van der Waals surface area contributed by atoms with E-state index < -0.39 is 0 Å². The number of fused-ring (bicyclic) bond motifs is 2. The van der Waals surface area contributed by atoms with E-state index in [0.29, 0.717) is 6.04 Å². The number of hydrogen-bond acceptors (Lipinski definition) is 4. The fourth-order valence-electron chi connectivity index (χ4n) is 3.12. The van der Waals surface area contributed by atoms with E-state index in [4.69, 9.17) is 0 Å². The van der Waals surface area contributed by atoms with Crippen molar-refractivity contribution in [3.05, 3.63) is 18.0 Å². The lowest BCUT2D eigenvalue weighted by Crippen LogP contribution is -2.35. The van der Waals surface area contributed by atoms with Gasteiger partial charge in [0.1, 0.15) is 0 Å². The molecular weight excluding hydrogens is 236 g/mol. The van der Waals surface area contributed by atoms with Crippen LogP contribution in [0.15, 0.2) is 12.4 Å². The van der Waals surface area contributed by atoms with Gasteiger partial charge in [0, 0.05) is 42.6 Å². The Morgan fingerprint density at radius 3 is 2.53 bits per heavy atom. The summed E-state index contributed by atoms with van der Waals surface area (Å²) in [4.78, 5) is 11.5. The van der Waals surface area contributed by atoms with Crippen LogP contribution in [0.5, 0.6) is 0 Å². The maximum Gasteiger partial charge on any atom is 0.225 e. The quantitative estimate of drug-likeness (QED) is 0.906. The van der Waals surface area contributed by atoms with E-state index in [1.54, 1.807) is 0 Å². The van der Waals surface area contributed by atoms with Gasteiger partial charge in [-0.2, -0.15) is 0 Å². The fraction of sp³-hybridized carbons (Fsp3) is 0.733. The van der Waals surface area contributed by atoms with Crippen molar-refractivity contribution in [3.63, 3.8) is 0 Å². The summed E-state index contributed by atoms with van der Waals surface area (Å²) in [6, 6.07) is 0.698. The maximum atomic E-state index is 4.55. The molecule has 104 valence electrons. The molecule has 1 aromatic rings. The molecule has 19 heavy (non-hydrogen) atoms. The van der Waals surface area contributed by atoms with Crippen molar-refractivity contribution >= 4 is 5.95 Å². The van der Waals surface area contributed by atoms with Crippen molar-refractivity contribution < 1.29 is 0 Å². The highest BCUT2D eigenvalue weighted by Crippen LogP contribution is 2.38. The summed E-state index contributed by atoms with van der Waals surface area (Å²) in [6.07, 6.45) is 7.99. The number of rotatable bonds is 3. The molecule has 0 spiro atoms. The van der Waals surface area contributed by atoms with Gasteiger partial charge in [-0.25, -0.2) is 9.97 Å². The van der Waals surface area contributed by atoms with Gasteiger partial charge in [0.15, 0.2) is 0 Å². The van der Waals surface area contributed by atoms with Gasteiger partial charge < -0.3 is 10.2 Å². The molecule has 1 aliphatic carbocycles. The second-order valence-corrected chi connectivity index (χ2v) is 6.98. The van der Waals surface area contributed by atoms with Crippen LogP contribution in [-0.4, -0.2) is 28.1 Å². The van der Waals surface area contributed by atoms with Gasteiger partial charge in [0.25, 0.3) is 0 Å². The maximum absolute atomic E-state index is 4.55. The van der Waals surface area contributed by atoms with E-state index in [2.05, 4.69) is 41.0 Å². The molecule has 2 unspecified atom stereocenters. The summed E-state index contributed by atoms with van der Waals surface area (Å²) in [5, 5.41) is 3.46. The summed E-state index contributed by atoms with van der Waals surface area (Å²) in [6.45, 7) is 8.50. The zero-order valence-electron chi connectivity index (χ0n) is 12.2. The molecule has 1 aliphatic heterocycles. The Kier molecular flexibility index (Phi) is 3.21. The van der Waals surface area contributed by atoms with Gasteiger partial charge in [-0.3, -0.25) is 0 Å². The van der Waals surface area contributed by atoms with Gasteiger partial charge >= 0.3 is 0 Å². The normalized spacial score (nSPS) is 26.2. The number of anilines is 1. The number of aromatic nitrogens is 2. The molecule has 2 bridgehead atoms. The first-order valence-corrected chi connectivity index (χ1v) is 7.34. The zero-order chi connectivity index (χ0) is 13.5. The number of piperidine rings is 1. The van der Waals surface area contributed by atoms with E-state index in [0.717, 1.165) is 30.5 Å². The minimum Gasteiger partial charge on any atom is -0.338 e. The third kappa shape index (κ3) is 2.89. The molecule has 1 saturated carbocycles. The Bertz CT molecular complexity index is 434. The van der Waals surface area contributed by atoms with Crippen LogP contribution >= 0.6 is 0 Å². The summed E-state index contributed by atoms with van der Waals surface area (Å²) >= 11 is 0.